The van der Waals surface area contributed by atoms with E-state index in [-0.39, 0.29) is 5.91 Å². The smallest absolute Gasteiger partial charge is 0.223 e. The fourth-order valence-electron chi connectivity index (χ4n) is 1.15. The molecule has 16 heavy (non-hydrogen) atoms. The average Bonchev–Trinajstić information content (AvgIpc) is 2.23. The Kier molecular flexibility index (Phi) is 10.1. The highest BCUT2D eigenvalue weighted by Crippen LogP contribution is 1.85. The molecule has 0 saturated carbocycles. The van der Waals surface area contributed by atoms with Gasteiger partial charge in [0.05, 0.1) is 0 Å². The third-order valence-electron chi connectivity index (χ3n) is 2.07. The van der Waals surface area contributed by atoms with Crippen molar-refractivity contribution in [3.63, 3.8) is 0 Å². The van der Waals surface area contributed by atoms with Crippen LogP contribution in [0.4, 0.5) is 0 Å². The van der Waals surface area contributed by atoms with Gasteiger partial charge in [-0.05, 0) is 20.5 Å². The molecule has 4 nitrogen and oxygen atoms in total. The lowest BCUT2D eigenvalue weighted by Gasteiger charge is -2.10. The average molecular weight is 227 g/mol. The van der Waals surface area contributed by atoms with Gasteiger partial charge in [0.1, 0.15) is 0 Å². The van der Waals surface area contributed by atoms with E-state index < -0.39 is 0 Å². The van der Waals surface area contributed by atoms with Crippen LogP contribution in [0.5, 0.6) is 0 Å². The van der Waals surface area contributed by atoms with Crippen LogP contribution >= 0.6 is 0 Å². The summed E-state index contributed by atoms with van der Waals surface area (Å²) in [7, 11) is 4.09. The second-order valence-corrected chi connectivity index (χ2v) is 3.99. The summed E-state index contributed by atoms with van der Waals surface area (Å²) in [5.74, 6) is 0.0964. The molecule has 4 heteroatoms. The lowest BCUT2D eigenvalue weighted by Crippen LogP contribution is -2.34. The third-order valence-corrected chi connectivity index (χ3v) is 2.07. The minimum atomic E-state index is 0.0964. The summed E-state index contributed by atoms with van der Waals surface area (Å²) in [6.45, 7) is 5.57. The van der Waals surface area contributed by atoms with Gasteiger partial charge in [-0.15, -0.1) is 0 Å². The second kappa shape index (κ2) is 10.6. The first-order valence-electron chi connectivity index (χ1n) is 5.94. The molecule has 0 bridgehead atoms. The van der Waals surface area contributed by atoms with Gasteiger partial charge in [0.2, 0.25) is 5.91 Å². The van der Waals surface area contributed by atoms with Crippen molar-refractivity contribution < 1.29 is 4.79 Å². The number of likely N-dealkylation sites (N-methyl/N-ethyl adjacent to an activating group) is 1. The van der Waals surface area contributed by atoms with E-state index in [9.17, 15) is 4.79 Å². The fourth-order valence-corrected chi connectivity index (χ4v) is 1.15. The van der Waals surface area contributed by atoms with Crippen LogP contribution in [0.3, 0.4) is 0 Å². The van der Waals surface area contributed by atoms with Gasteiger partial charge in [0.25, 0.3) is 0 Å². The van der Waals surface area contributed by atoms with Crippen molar-refractivity contribution in [1.29, 1.82) is 0 Å². The molecule has 0 rings (SSSR count). The van der Waals surface area contributed by atoms with Gasteiger partial charge in [0.15, 0.2) is 0 Å². The number of nitrogens with zero attached hydrogens (tertiary/aromatic N) is 1. The quantitative estimate of drug-likeness (QED) is 0.448. The molecule has 0 radical (unpaired) electrons. The van der Waals surface area contributed by atoms with Crippen LogP contribution in [0.2, 0.25) is 0 Å². The van der Waals surface area contributed by atoms with Gasteiger partial charge >= 0.3 is 0 Å². The van der Waals surface area contributed by atoms with Crippen LogP contribution in [-0.2, 0) is 4.79 Å². The molecule has 1 amide bonds. The monoisotopic (exact) mass is 227 g/mol. The van der Waals surface area contributed by atoms with E-state index in [1.54, 1.807) is 0 Å². The van der Waals surface area contributed by atoms with E-state index in [1.807, 2.05) is 26.2 Å². The largest absolute Gasteiger partial charge is 0.355 e. The summed E-state index contributed by atoms with van der Waals surface area (Å²) in [4.78, 5) is 13.4. The number of amides is 1. The van der Waals surface area contributed by atoms with E-state index in [2.05, 4.69) is 22.5 Å². The zero-order valence-electron chi connectivity index (χ0n) is 10.8. The number of hydrogen-bond donors (Lipinski definition) is 2. The number of rotatable bonds is 9. The molecule has 2 N–H and O–H groups in total. The Bertz CT molecular complexity index is 202. The molecular weight excluding hydrogens is 202 g/mol. The van der Waals surface area contributed by atoms with Gasteiger partial charge in [-0.1, -0.05) is 19.1 Å². The standard InChI is InChI=1S/C12H25N3O/c1-4-5-6-7-12(16)14-9-8-13-10-11-15(2)3/h5-6,13H,4,7-11H2,1-3H3,(H,14,16)/b6-5+. The maximum atomic E-state index is 11.3. The van der Waals surface area contributed by atoms with Crippen molar-refractivity contribution in [3.8, 4) is 0 Å². The summed E-state index contributed by atoms with van der Waals surface area (Å²) in [6, 6.07) is 0. The Hall–Kier alpha value is -0.870. The van der Waals surface area contributed by atoms with Crippen LogP contribution < -0.4 is 10.6 Å². The van der Waals surface area contributed by atoms with Crippen molar-refractivity contribution in [2.75, 3.05) is 40.3 Å². The number of hydrogen-bond acceptors (Lipinski definition) is 3. The number of carbonyl (C=O) groups is 1. The number of allylic oxidation sites excluding steroid dienone is 1. The summed E-state index contributed by atoms with van der Waals surface area (Å²) < 4.78 is 0. The maximum Gasteiger partial charge on any atom is 0.223 e. The van der Waals surface area contributed by atoms with Crippen molar-refractivity contribution in [2.24, 2.45) is 0 Å². The zero-order chi connectivity index (χ0) is 12.2. The topological polar surface area (TPSA) is 44.4 Å². The highest BCUT2D eigenvalue weighted by Gasteiger charge is 1.96. The fraction of sp³-hybridized carbons (Fsp3) is 0.750. The van der Waals surface area contributed by atoms with E-state index >= 15 is 0 Å². The number of nitrogens with one attached hydrogen (secondary N) is 2. The predicted molar refractivity (Wildman–Crippen MR) is 68.5 cm³/mol. The minimum Gasteiger partial charge on any atom is -0.355 e. The van der Waals surface area contributed by atoms with Crippen molar-refractivity contribution >= 4 is 5.91 Å². The Labute approximate surface area is 99.1 Å². The molecule has 0 aromatic heterocycles. The Balaban J connectivity index is 3.24. The SMILES string of the molecule is CC/C=C/CC(=O)NCCNCCN(C)C. The van der Waals surface area contributed by atoms with E-state index in [1.165, 1.54) is 0 Å². The van der Waals surface area contributed by atoms with Crippen molar-refractivity contribution in [2.45, 2.75) is 19.8 Å². The highest BCUT2D eigenvalue weighted by molar-refractivity contribution is 5.77. The summed E-state index contributed by atoms with van der Waals surface area (Å²) >= 11 is 0. The second-order valence-electron chi connectivity index (χ2n) is 3.99. The molecule has 0 aliphatic rings. The van der Waals surface area contributed by atoms with E-state index in [0.29, 0.717) is 13.0 Å². The molecule has 0 aromatic carbocycles. The lowest BCUT2D eigenvalue weighted by molar-refractivity contribution is -0.120. The molecule has 94 valence electrons. The first kappa shape index (κ1) is 15.1. The third kappa shape index (κ3) is 11.2. The Morgan fingerprint density at radius 3 is 2.56 bits per heavy atom. The first-order valence-corrected chi connectivity index (χ1v) is 5.94. The molecule has 0 saturated heterocycles. The number of carbonyl (C=O) groups excluding carboxylic acids is 1. The van der Waals surface area contributed by atoms with Crippen LogP contribution in [0.25, 0.3) is 0 Å². The molecule has 0 aliphatic carbocycles. The van der Waals surface area contributed by atoms with Crippen LogP contribution in [0.15, 0.2) is 12.2 Å². The van der Waals surface area contributed by atoms with Gasteiger partial charge in [-0.2, -0.15) is 0 Å². The molecule has 0 heterocycles. The molecule has 0 unspecified atom stereocenters. The van der Waals surface area contributed by atoms with Gasteiger partial charge < -0.3 is 15.5 Å². The van der Waals surface area contributed by atoms with E-state index in [0.717, 1.165) is 26.1 Å². The molecular formula is C12H25N3O. The van der Waals surface area contributed by atoms with Crippen LogP contribution in [0.1, 0.15) is 19.8 Å². The van der Waals surface area contributed by atoms with Gasteiger partial charge in [-0.3, -0.25) is 4.79 Å². The van der Waals surface area contributed by atoms with Crippen LogP contribution in [-0.4, -0.2) is 51.1 Å². The van der Waals surface area contributed by atoms with Crippen LogP contribution in [0, 0.1) is 0 Å². The normalized spacial score (nSPS) is 11.2. The molecule has 0 spiro atoms. The van der Waals surface area contributed by atoms with Crippen molar-refractivity contribution in [3.05, 3.63) is 12.2 Å². The molecule has 0 atom stereocenters. The Morgan fingerprint density at radius 1 is 1.19 bits per heavy atom. The summed E-state index contributed by atoms with van der Waals surface area (Å²) in [5, 5.41) is 6.13. The predicted octanol–water partition coefficient (Wildman–Crippen LogP) is 0.610. The first-order chi connectivity index (χ1) is 7.66. The maximum absolute atomic E-state index is 11.3. The molecule has 0 aliphatic heterocycles. The van der Waals surface area contributed by atoms with Crippen molar-refractivity contribution in [1.82, 2.24) is 15.5 Å². The summed E-state index contributed by atoms with van der Waals surface area (Å²) in [5.41, 5.74) is 0. The molecule has 0 aromatic rings. The van der Waals surface area contributed by atoms with Gasteiger partial charge in [-0.25, -0.2) is 0 Å². The highest BCUT2D eigenvalue weighted by atomic mass is 16.1. The molecule has 0 fully saturated rings. The van der Waals surface area contributed by atoms with E-state index in [4.69, 9.17) is 0 Å². The summed E-state index contributed by atoms with van der Waals surface area (Å²) in [6.07, 6.45) is 5.40. The van der Waals surface area contributed by atoms with Gasteiger partial charge in [0, 0.05) is 32.6 Å². The minimum absolute atomic E-state index is 0.0964. The zero-order valence-corrected chi connectivity index (χ0v) is 10.8. The lowest BCUT2D eigenvalue weighted by atomic mass is 10.3. The Morgan fingerprint density at radius 2 is 1.94 bits per heavy atom.